The first-order chi connectivity index (χ1) is 31.2. The van der Waals surface area contributed by atoms with Crippen LogP contribution in [-0.4, -0.2) is 4.57 Å². The molecule has 0 aliphatic rings. The van der Waals surface area contributed by atoms with Crippen LogP contribution in [0.15, 0.2) is 247 Å². The van der Waals surface area contributed by atoms with Crippen molar-refractivity contribution < 1.29 is 4.42 Å². The second kappa shape index (κ2) is 15.3. The van der Waals surface area contributed by atoms with Gasteiger partial charge < -0.3 is 13.9 Å². The molecule has 0 spiro atoms. The highest BCUT2D eigenvalue weighted by molar-refractivity contribution is 6.11. The van der Waals surface area contributed by atoms with Crippen LogP contribution in [0.25, 0.3) is 93.9 Å². The van der Waals surface area contributed by atoms with E-state index in [1.807, 2.05) is 12.1 Å². The number of para-hydroxylation sites is 3. The lowest BCUT2D eigenvalue weighted by Gasteiger charge is -2.27. The molecule has 0 amide bonds. The summed E-state index contributed by atoms with van der Waals surface area (Å²) in [5, 5.41) is 4.66. The van der Waals surface area contributed by atoms with Crippen molar-refractivity contribution in [3.8, 4) is 50.2 Å². The Morgan fingerprint density at radius 2 is 0.778 bits per heavy atom. The zero-order valence-electron chi connectivity index (χ0n) is 34.4. The summed E-state index contributed by atoms with van der Waals surface area (Å²) in [5.41, 5.74) is 17.7. The van der Waals surface area contributed by atoms with Crippen LogP contribution in [-0.2, 0) is 0 Å². The Morgan fingerprint density at radius 1 is 0.270 bits per heavy atom. The van der Waals surface area contributed by atoms with Gasteiger partial charge in [-0.05, 0) is 136 Å². The number of hydrogen-bond donors (Lipinski definition) is 0. The molecule has 3 heteroatoms. The van der Waals surface area contributed by atoms with Gasteiger partial charge >= 0.3 is 0 Å². The first kappa shape index (κ1) is 36.5. The van der Waals surface area contributed by atoms with Crippen LogP contribution in [0.1, 0.15) is 0 Å². The summed E-state index contributed by atoms with van der Waals surface area (Å²) in [6, 6.07) is 87.4. The van der Waals surface area contributed by atoms with E-state index in [0.717, 1.165) is 72.5 Å². The lowest BCUT2D eigenvalue weighted by molar-refractivity contribution is 0.669. The molecule has 0 bridgehead atoms. The molecule has 63 heavy (non-hydrogen) atoms. The summed E-state index contributed by atoms with van der Waals surface area (Å²) >= 11 is 0. The third kappa shape index (κ3) is 6.55. The molecular weight excluding hydrogens is 765 g/mol. The predicted octanol–water partition coefficient (Wildman–Crippen LogP) is 16.8. The average molecular weight is 805 g/mol. The third-order valence-corrected chi connectivity index (χ3v) is 12.4. The van der Waals surface area contributed by atoms with E-state index in [0.29, 0.717) is 0 Å². The van der Waals surface area contributed by atoms with Gasteiger partial charge in [-0.25, -0.2) is 0 Å². The van der Waals surface area contributed by atoms with E-state index in [-0.39, 0.29) is 0 Å². The fraction of sp³-hybridized carbons (Fsp3) is 0. The van der Waals surface area contributed by atoms with Gasteiger partial charge in [0.25, 0.3) is 0 Å². The summed E-state index contributed by atoms with van der Waals surface area (Å²) in [5.74, 6) is 0. The molecule has 0 atom stereocenters. The molecule has 0 aliphatic heterocycles. The van der Waals surface area contributed by atoms with Gasteiger partial charge in [0.15, 0.2) is 0 Å². The summed E-state index contributed by atoms with van der Waals surface area (Å²) in [7, 11) is 0. The van der Waals surface area contributed by atoms with Crippen LogP contribution in [0.2, 0.25) is 0 Å². The molecule has 296 valence electrons. The van der Waals surface area contributed by atoms with E-state index in [4.69, 9.17) is 4.42 Å². The van der Waals surface area contributed by atoms with Crippen molar-refractivity contribution in [2.24, 2.45) is 0 Å². The minimum atomic E-state index is 0.884. The van der Waals surface area contributed by atoms with Crippen molar-refractivity contribution in [1.82, 2.24) is 4.57 Å². The molecule has 10 aromatic carbocycles. The standard InChI is InChI=1S/C60H40N2O/c1-4-15-41(16-5-1)43-27-31-50(32-28-43)61(51-22-14-19-44(36-51)42-17-6-2-7-18-42)52-37-47(35-48(38-52)46-30-34-60-56(40-46)54-24-11-13-26-59(54)63-60)45-29-33-58-55(39-45)53-23-10-12-25-57(53)62(58)49-20-8-3-9-21-49/h1-40H. The van der Waals surface area contributed by atoms with Gasteiger partial charge in [-0.2, -0.15) is 0 Å². The van der Waals surface area contributed by atoms with Crippen LogP contribution < -0.4 is 4.90 Å². The van der Waals surface area contributed by atoms with Crippen molar-refractivity contribution in [3.05, 3.63) is 243 Å². The van der Waals surface area contributed by atoms with Crippen molar-refractivity contribution in [3.63, 3.8) is 0 Å². The van der Waals surface area contributed by atoms with Crippen LogP contribution in [0.4, 0.5) is 17.1 Å². The van der Waals surface area contributed by atoms with E-state index in [2.05, 4.69) is 240 Å². The molecule has 0 saturated heterocycles. The molecule has 0 unspecified atom stereocenters. The van der Waals surface area contributed by atoms with Crippen molar-refractivity contribution in [2.75, 3.05) is 4.90 Å². The molecule has 2 aromatic heterocycles. The molecule has 3 nitrogen and oxygen atoms in total. The topological polar surface area (TPSA) is 21.3 Å². The zero-order chi connectivity index (χ0) is 41.7. The van der Waals surface area contributed by atoms with Gasteiger partial charge in [-0.1, -0.05) is 152 Å². The largest absolute Gasteiger partial charge is 0.456 e. The number of benzene rings is 10. The number of nitrogens with zero attached hydrogens (tertiary/aromatic N) is 2. The highest BCUT2D eigenvalue weighted by Crippen LogP contribution is 2.43. The Balaban J connectivity index is 1.09. The lowest BCUT2D eigenvalue weighted by Crippen LogP contribution is -2.10. The van der Waals surface area contributed by atoms with E-state index >= 15 is 0 Å². The van der Waals surface area contributed by atoms with Gasteiger partial charge in [-0.15, -0.1) is 0 Å². The number of fused-ring (bicyclic) bond motifs is 6. The quantitative estimate of drug-likeness (QED) is 0.153. The molecule has 0 radical (unpaired) electrons. The average Bonchev–Trinajstić information content (AvgIpc) is 3.90. The van der Waals surface area contributed by atoms with Gasteiger partial charge in [0.1, 0.15) is 11.2 Å². The van der Waals surface area contributed by atoms with E-state index in [1.165, 1.54) is 38.5 Å². The highest BCUT2D eigenvalue weighted by Gasteiger charge is 2.19. The Labute approximate surface area is 366 Å². The number of furan rings is 1. The first-order valence-electron chi connectivity index (χ1n) is 21.5. The molecular formula is C60H40N2O. The molecule has 12 rings (SSSR count). The maximum Gasteiger partial charge on any atom is 0.135 e. The van der Waals surface area contributed by atoms with Crippen molar-refractivity contribution in [1.29, 1.82) is 0 Å². The number of aromatic nitrogens is 1. The number of hydrogen-bond acceptors (Lipinski definition) is 2. The van der Waals surface area contributed by atoms with Crippen LogP contribution in [0.3, 0.4) is 0 Å². The normalized spacial score (nSPS) is 11.5. The Kier molecular flexibility index (Phi) is 8.83. The minimum Gasteiger partial charge on any atom is -0.456 e. The summed E-state index contributed by atoms with van der Waals surface area (Å²) in [6.07, 6.45) is 0. The zero-order valence-corrected chi connectivity index (χ0v) is 34.4. The van der Waals surface area contributed by atoms with Crippen LogP contribution >= 0.6 is 0 Å². The smallest absolute Gasteiger partial charge is 0.135 e. The first-order valence-corrected chi connectivity index (χ1v) is 21.5. The predicted molar refractivity (Wildman–Crippen MR) is 264 cm³/mol. The van der Waals surface area contributed by atoms with Gasteiger partial charge in [-0.3, -0.25) is 0 Å². The monoisotopic (exact) mass is 804 g/mol. The molecule has 0 fully saturated rings. The fourth-order valence-electron chi connectivity index (χ4n) is 9.32. The second-order valence-corrected chi connectivity index (χ2v) is 16.2. The van der Waals surface area contributed by atoms with E-state index in [9.17, 15) is 0 Å². The second-order valence-electron chi connectivity index (χ2n) is 16.2. The summed E-state index contributed by atoms with van der Waals surface area (Å²) in [6.45, 7) is 0. The number of anilines is 3. The van der Waals surface area contributed by atoms with Gasteiger partial charge in [0.05, 0.1) is 11.0 Å². The minimum absolute atomic E-state index is 0.884. The van der Waals surface area contributed by atoms with Gasteiger partial charge in [0.2, 0.25) is 0 Å². The Bertz CT molecular complexity index is 3600. The third-order valence-electron chi connectivity index (χ3n) is 12.4. The van der Waals surface area contributed by atoms with Crippen molar-refractivity contribution in [2.45, 2.75) is 0 Å². The summed E-state index contributed by atoms with van der Waals surface area (Å²) < 4.78 is 8.68. The Morgan fingerprint density at radius 3 is 1.52 bits per heavy atom. The summed E-state index contributed by atoms with van der Waals surface area (Å²) in [4.78, 5) is 2.40. The SMILES string of the molecule is c1ccc(-c2ccc(N(c3cccc(-c4ccccc4)c3)c3cc(-c4ccc5oc6ccccc6c5c4)cc(-c4ccc5c(c4)c4ccccc4n5-c4ccccc4)c3)cc2)cc1. The van der Waals surface area contributed by atoms with E-state index in [1.54, 1.807) is 0 Å². The number of rotatable bonds is 8. The molecule has 0 aliphatic carbocycles. The molecule has 0 saturated carbocycles. The molecule has 0 N–H and O–H groups in total. The van der Waals surface area contributed by atoms with Gasteiger partial charge in [0, 0.05) is 44.3 Å². The van der Waals surface area contributed by atoms with Crippen molar-refractivity contribution >= 4 is 60.8 Å². The maximum absolute atomic E-state index is 6.30. The van der Waals surface area contributed by atoms with E-state index < -0.39 is 0 Å². The molecule has 12 aromatic rings. The highest BCUT2D eigenvalue weighted by atomic mass is 16.3. The maximum atomic E-state index is 6.30. The lowest BCUT2D eigenvalue weighted by atomic mass is 9.95. The van der Waals surface area contributed by atoms with Crippen LogP contribution in [0.5, 0.6) is 0 Å². The molecule has 2 heterocycles. The Hall–Kier alpha value is -8.40. The fourth-order valence-corrected chi connectivity index (χ4v) is 9.32. The van der Waals surface area contributed by atoms with Crippen LogP contribution in [0, 0.1) is 0 Å².